The van der Waals surface area contributed by atoms with Crippen molar-refractivity contribution >= 4 is 11.9 Å². The van der Waals surface area contributed by atoms with Gasteiger partial charge < -0.3 is 15.6 Å². The molecule has 1 amide bonds. The van der Waals surface area contributed by atoms with Gasteiger partial charge in [0, 0.05) is 43.3 Å². The molecule has 0 aliphatic carbocycles. The van der Waals surface area contributed by atoms with Crippen LogP contribution >= 0.6 is 0 Å². The fourth-order valence-electron chi connectivity index (χ4n) is 2.63. The number of hydrogen-bond donors (Lipinski definition) is 2. The van der Waals surface area contributed by atoms with Crippen LogP contribution in [0.3, 0.4) is 0 Å². The molecule has 0 aromatic carbocycles. The summed E-state index contributed by atoms with van der Waals surface area (Å²) in [6.07, 6.45) is 7.01. The lowest BCUT2D eigenvalue weighted by Gasteiger charge is -2.31. The molecule has 104 valence electrons. The number of nitrogens with zero attached hydrogens (tertiary/aromatic N) is 3. The smallest absolute Gasteiger partial charge is 0.255 e. The van der Waals surface area contributed by atoms with Crippen LogP contribution in [0.1, 0.15) is 34.8 Å². The number of H-pyrrole nitrogens is 1. The van der Waals surface area contributed by atoms with Gasteiger partial charge in [-0.15, -0.1) is 0 Å². The summed E-state index contributed by atoms with van der Waals surface area (Å²) < 4.78 is 0. The summed E-state index contributed by atoms with van der Waals surface area (Å²) in [5.74, 6) is 0.760. The van der Waals surface area contributed by atoms with Crippen LogP contribution in [0.15, 0.2) is 30.7 Å². The molecular weight excluding hydrogens is 254 g/mol. The van der Waals surface area contributed by atoms with E-state index < -0.39 is 0 Å². The standard InChI is InChI=1S/C14H17N5O/c15-14-17-6-2-12(18-14)10-3-7-19(8-4-10)13(20)11-1-5-16-9-11/h1-2,5-6,9-10,16H,3-4,7-8H2,(H2,15,17,18). The Labute approximate surface area is 117 Å². The summed E-state index contributed by atoms with van der Waals surface area (Å²) in [5, 5.41) is 0. The van der Waals surface area contributed by atoms with Crippen LogP contribution in [0.5, 0.6) is 0 Å². The van der Waals surface area contributed by atoms with Crippen molar-refractivity contribution in [3.8, 4) is 0 Å². The first-order chi connectivity index (χ1) is 9.74. The van der Waals surface area contributed by atoms with E-state index in [1.165, 1.54) is 0 Å². The number of amides is 1. The van der Waals surface area contributed by atoms with Crippen LogP contribution in [-0.2, 0) is 0 Å². The molecule has 0 radical (unpaired) electrons. The Morgan fingerprint density at radius 2 is 2.15 bits per heavy atom. The third-order valence-corrected chi connectivity index (χ3v) is 3.74. The van der Waals surface area contributed by atoms with E-state index in [0.717, 1.165) is 37.2 Å². The molecule has 6 nitrogen and oxygen atoms in total. The summed E-state index contributed by atoms with van der Waals surface area (Å²) >= 11 is 0. The molecule has 1 saturated heterocycles. The van der Waals surface area contributed by atoms with E-state index in [1.54, 1.807) is 24.7 Å². The third kappa shape index (κ3) is 2.49. The second-order valence-corrected chi connectivity index (χ2v) is 5.01. The Hall–Kier alpha value is -2.37. The lowest BCUT2D eigenvalue weighted by molar-refractivity contribution is 0.0712. The Morgan fingerprint density at radius 1 is 1.35 bits per heavy atom. The van der Waals surface area contributed by atoms with E-state index in [4.69, 9.17) is 5.73 Å². The van der Waals surface area contributed by atoms with Gasteiger partial charge in [0.25, 0.3) is 5.91 Å². The zero-order valence-electron chi connectivity index (χ0n) is 11.1. The molecule has 6 heteroatoms. The third-order valence-electron chi connectivity index (χ3n) is 3.74. The average Bonchev–Trinajstić information content (AvgIpc) is 3.01. The van der Waals surface area contributed by atoms with E-state index in [1.807, 2.05) is 11.0 Å². The summed E-state index contributed by atoms with van der Waals surface area (Å²) in [6, 6.07) is 3.71. The van der Waals surface area contributed by atoms with Crippen LogP contribution in [0, 0.1) is 0 Å². The molecule has 1 aliphatic heterocycles. The van der Waals surface area contributed by atoms with Gasteiger partial charge in [0.05, 0.1) is 5.56 Å². The molecule has 0 unspecified atom stereocenters. The highest BCUT2D eigenvalue weighted by atomic mass is 16.2. The number of carbonyl (C=O) groups is 1. The number of likely N-dealkylation sites (tertiary alicyclic amines) is 1. The van der Waals surface area contributed by atoms with Gasteiger partial charge in [0.1, 0.15) is 0 Å². The van der Waals surface area contributed by atoms with E-state index in [0.29, 0.717) is 11.9 Å². The van der Waals surface area contributed by atoms with Crippen molar-refractivity contribution in [1.82, 2.24) is 19.9 Å². The fourth-order valence-corrected chi connectivity index (χ4v) is 2.63. The van der Waals surface area contributed by atoms with Crippen molar-refractivity contribution in [2.75, 3.05) is 18.8 Å². The Kier molecular flexibility index (Phi) is 3.37. The summed E-state index contributed by atoms with van der Waals surface area (Å²) in [4.78, 5) is 25.2. The van der Waals surface area contributed by atoms with Gasteiger partial charge in [-0.05, 0) is 25.0 Å². The van der Waals surface area contributed by atoms with Crippen LogP contribution in [0.25, 0.3) is 0 Å². The highest BCUT2D eigenvalue weighted by molar-refractivity contribution is 5.94. The van der Waals surface area contributed by atoms with E-state index in [-0.39, 0.29) is 5.91 Å². The lowest BCUT2D eigenvalue weighted by atomic mass is 9.93. The largest absolute Gasteiger partial charge is 0.368 e. The maximum atomic E-state index is 12.2. The minimum atomic E-state index is 0.0897. The molecule has 20 heavy (non-hydrogen) atoms. The monoisotopic (exact) mass is 271 g/mol. The van der Waals surface area contributed by atoms with Gasteiger partial charge in [-0.1, -0.05) is 0 Å². The molecular formula is C14H17N5O. The zero-order chi connectivity index (χ0) is 13.9. The molecule has 0 spiro atoms. The van der Waals surface area contributed by atoms with E-state index in [2.05, 4.69) is 15.0 Å². The minimum absolute atomic E-state index is 0.0897. The second-order valence-electron chi connectivity index (χ2n) is 5.01. The quantitative estimate of drug-likeness (QED) is 0.864. The predicted octanol–water partition coefficient (Wildman–Crippen LogP) is 1.41. The van der Waals surface area contributed by atoms with Crippen LogP contribution < -0.4 is 5.73 Å². The summed E-state index contributed by atoms with van der Waals surface area (Å²) in [6.45, 7) is 1.50. The number of aromatic nitrogens is 3. The average molecular weight is 271 g/mol. The van der Waals surface area contributed by atoms with Crippen LogP contribution in [0.4, 0.5) is 5.95 Å². The maximum absolute atomic E-state index is 12.2. The lowest BCUT2D eigenvalue weighted by Crippen LogP contribution is -2.37. The molecule has 1 fully saturated rings. The molecule has 3 heterocycles. The first kappa shape index (κ1) is 12.7. The molecule has 3 N–H and O–H groups in total. The van der Waals surface area contributed by atoms with Gasteiger partial charge in [-0.3, -0.25) is 4.79 Å². The van der Waals surface area contributed by atoms with Crippen molar-refractivity contribution in [2.45, 2.75) is 18.8 Å². The Morgan fingerprint density at radius 3 is 2.80 bits per heavy atom. The number of piperidine rings is 1. The van der Waals surface area contributed by atoms with Gasteiger partial charge >= 0.3 is 0 Å². The van der Waals surface area contributed by atoms with Crippen molar-refractivity contribution in [1.29, 1.82) is 0 Å². The molecule has 1 aliphatic rings. The normalized spacial score (nSPS) is 16.3. The first-order valence-electron chi connectivity index (χ1n) is 6.74. The first-order valence-corrected chi connectivity index (χ1v) is 6.74. The second kappa shape index (κ2) is 5.32. The SMILES string of the molecule is Nc1nccc(C2CCN(C(=O)c3cc[nH]c3)CC2)n1. The fraction of sp³-hybridized carbons (Fsp3) is 0.357. The van der Waals surface area contributed by atoms with Crippen molar-refractivity contribution < 1.29 is 4.79 Å². The molecule has 0 bridgehead atoms. The predicted molar refractivity (Wildman–Crippen MR) is 75.1 cm³/mol. The molecule has 2 aromatic rings. The number of rotatable bonds is 2. The highest BCUT2D eigenvalue weighted by Crippen LogP contribution is 2.27. The van der Waals surface area contributed by atoms with Crippen LogP contribution in [-0.4, -0.2) is 38.8 Å². The number of nitrogen functional groups attached to an aromatic ring is 1. The van der Waals surface area contributed by atoms with Gasteiger partial charge in [0.15, 0.2) is 0 Å². The zero-order valence-corrected chi connectivity index (χ0v) is 11.1. The molecule has 0 atom stereocenters. The summed E-state index contributed by atoms with van der Waals surface area (Å²) in [5.41, 5.74) is 7.31. The topological polar surface area (TPSA) is 87.9 Å². The van der Waals surface area contributed by atoms with Crippen molar-refractivity contribution in [2.24, 2.45) is 0 Å². The summed E-state index contributed by atoms with van der Waals surface area (Å²) in [7, 11) is 0. The van der Waals surface area contributed by atoms with Gasteiger partial charge in [0.2, 0.25) is 5.95 Å². The number of carbonyl (C=O) groups excluding carboxylic acids is 1. The molecule has 3 rings (SSSR count). The highest BCUT2D eigenvalue weighted by Gasteiger charge is 2.25. The van der Waals surface area contributed by atoms with Crippen LogP contribution in [0.2, 0.25) is 0 Å². The number of hydrogen-bond acceptors (Lipinski definition) is 4. The maximum Gasteiger partial charge on any atom is 0.255 e. The van der Waals surface area contributed by atoms with Gasteiger partial charge in [-0.2, -0.15) is 0 Å². The Balaban J connectivity index is 1.64. The minimum Gasteiger partial charge on any atom is -0.368 e. The van der Waals surface area contributed by atoms with Gasteiger partial charge in [-0.25, -0.2) is 9.97 Å². The Bertz CT molecular complexity index is 587. The van der Waals surface area contributed by atoms with Crippen molar-refractivity contribution in [3.05, 3.63) is 42.0 Å². The van der Waals surface area contributed by atoms with Crippen molar-refractivity contribution in [3.63, 3.8) is 0 Å². The molecule has 0 saturated carbocycles. The number of anilines is 1. The number of aromatic amines is 1. The van der Waals surface area contributed by atoms with E-state index in [9.17, 15) is 4.79 Å². The number of nitrogens with two attached hydrogens (primary N) is 1. The van der Waals surface area contributed by atoms with E-state index >= 15 is 0 Å². The number of nitrogens with one attached hydrogen (secondary N) is 1. The molecule has 2 aromatic heterocycles.